The van der Waals surface area contributed by atoms with Crippen LogP contribution in [0, 0.1) is 11.2 Å². The molecule has 0 aliphatic heterocycles. The second-order valence-corrected chi connectivity index (χ2v) is 6.60. The Balaban J connectivity index is 2.28. The van der Waals surface area contributed by atoms with Gasteiger partial charge in [-0.25, -0.2) is 9.18 Å². The van der Waals surface area contributed by atoms with Crippen molar-refractivity contribution < 1.29 is 23.8 Å². The number of carboxylic acids is 1. The van der Waals surface area contributed by atoms with Crippen LogP contribution in [0.3, 0.4) is 0 Å². The lowest BCUT2D eigenvalue weighted by Crippen LogP contribution is -2.76. The van der Waals surface area contributed by atoms with E-state index in [2.05, 4.69) is 5.32 Å². The van der Waals surface area contributed by atoms with Crippen LogP contribution >= 0.6 is 11.6 Å². The van der Waals surface area contributed by atoms with Crippen molar-refractivity contribution in [2.24, 2.45) is 5.41 Å². The normalized spacial score (nSPS) is 25.5. The fourth-order valence-electron chi connectivity index (χ4n) is 2.97. The van der Waals surface area contributed by atoms with Crippen LogP contribution in [0.15, 0.2) is 18.2 Å². The Labute approximate surface area is 138 Å². The lowest BCUT2D eigenvalue weighted by Gasteiger charge is -2.58. The van der Waals surface area contributed by atoms with Gasteiger partial charge < -0.3 is 15.2 Å². The molecule has 2 unspecified atom stereocenters. The molecule has 126 valence electrons. The van der Waals surface area contributed by atoms with Crippen molar-refractivity contribution in [2.45, 2.75) is 38.8 Å². The summed E-state index contributed by atoms with van der Waals surface area (Å²) in [5.74, 6) is -2.75. The Kier molecular flexibility index (Phi) is 4.69. The summed E-state index contributed by atoms with van der Waals surface area (Å²) < 4.78 is 19.4. The first-order valence-electron chi connectivity index (χ1n) is 7.28. The van der Waals surface area contributed by atoms with E-state index >= 15 is 0 Å². The second-order valence-electron chi connectivity index (χ2n) is 6.16. The third-order valence-corrected chi connectivity index (χ3v) is 4.87. The van der Waals surface area contributed by atoms with E-state index in [1.54, 1.807) is 13.8 Å². The summed E-state index contributed by atoms with van der Waals surface area (Å²) in [5, 5.41) is 12.3. The van der Waals surface area contributed by atoms with Crippen LogP contribution < -0.4 is 5.32 Å². The van der Waals surface area contributed by atoms with E-state index in [9.17, 15) is 19.1 Å². The zero-order valence-corrected chi connectivity index (χ0v) is 13.9. The Morgan fingerprint density at radius 2 is 2.13 bits per heavy atom. The minimum atomic E-state index is -1.50. The molecule has 2 atom stereocenters. The number of rotatable bonds is 5. The molecule has 1 aliphatic carbocycles. The number of amides is 1. The van der Waals surface area contributed by atoms with E-state index in [0.717, 1.165) is 6.07 Å². The van der Waals surface area contributed by atoms with Crippen molar-refractivity contribution in [1.82, 2.24) is 5.32 Å². The first-order chi connectivity index (χ1) is 10.7. The molecule has 0 radical (unpaired) electrons. The molecule has 1 amide bonds. The van der Waals surface area contributed by atoms with Gasteiger partial charge in [-0.3, -0.25) is 4.79 Å². The number of halogens is 2. The van der Waals surface area contributed by atoms with Gasteiger partial charge in [0.1, 0.15) is 11.4 Å². The third kappa shape index (κ3) is 2.81. The van der Waals surface area contributed by atoms with Crippen molar-refractivity contribution in [3.8, 4) is 0 Å². The SMILES string of the molecule is CCOC1CC(NC(=O)c2ccc(Cl)cc2F)(C(=O)O)C1(C)C. The minimum Gasteiger partial charge on any atom is -0.479 e. The monoisotopic (exact) mass is 343 g/mol. The zero-order chi connectivity index (χ0) is 17.4. The van der Waals surface area contributed by atoms with E-state index < -0.39 is 28.6 Å². The summed E-state index contributed by atoms with van der Waals surface area (Å²) >= 11 is 5.66. The number of nitrogens with one attached hydrogen (secondary N) is 1. The molecule has 0 bridgehead atoms. The van der Waals surface area contributed by atoms with Crippen LogP contribution in [0.5, 0.6) is 0 Å². The van der Waals surface area contributed by atoms with Crippen molar-refractivity contribution >= 4 is 23.5 Å². The van der Waals surface area contributed by atoms with Gasteiger partial charge in [0.15, 0.2) is 0 Å². The van der Waals surface area contributed by atoms with Crippen molar-refractivity contribution in [1.29, 1.82) is 0 Å². The number of carbonyl (C=O) groups excluding carboxylic acids is 1. The average molecular weight is 344 g/mol. The topological polar surface area (TPSA) is 75.6 Å². The summed E-state index contributed by atoms with van der Waals surface area (Å²) in [5.41, 5.74) is -2.57. The molecule has 7 heteroatoms. The first kappa shape index (κ1) is 17.7. The largest absolute Gasteiger partial charge is 0.479 e. The molecule has 2 N–H and O–H groups in total. The van der Waals surface area contributed by atoms with Gasteiger partial charge in [0.25, 0.3) is 5.91 Å². The van der Waals surface area contributed by atoms with Gasteiger partial charge in [0.05, 0.1) is 11.7 Å². The summed E-state index contributed by atoms with van der Waals surface area (Å²) in [7, 11) is 0. The zero-order valence-electron chi connectivity index (χ0n) is 13.2. The summed E-state index contributed by atoms with van der Waals surface area (Å²) in [4.78, 5) is 24.1. The standard InChI is InChI=1S/C16H19ClFNO4/c1-4-23-12-8-16(14(21)22,15(12,2)3)19-13(20)10-6-5-9(17)7-11(10)18/h5-7,12H,4,8H2,1-3H3,(H,19,20)(H,21,22). The van der Waals surface area contributed by atoms with Crippen LogP contribution in [0.2, 0.25) is 5.02 Å². The number of hydrogen-bond acceptors (Lipinski definition) is 3. The minimum absolute atomic E-state index is 0.129. The van der Waals surface area contributed by atoms with Gasteiger partial charge in [-0.15, -0.1) is 0 Å². The van der Waals surface area contributed by atoms with Crippen LogP contribution in [0.4, 0.5) is 4.39 Å². The van der Waals surface area contributed by atoms with E-state index in [4.69, 9.17) is 16.3 Å². The molecule has 1 aromatic carbocycles. The van der Waals surface area contributed by atoms with Gasteiger partial charge in [-0.2, -0.15) is 0 Å². The van der Waals surface area contributed by atoms with E-state index in [0.29, 0.717) is 6.61 Å². The fraction of sp³-hybridized carbons (Fsp3) is 0.500. The van der Waals surface area contributed by atoms with Crippen molar-refractivity contribution in [3.05, 3.63) is 34.6 Å². The van der Waals surface area contributed by atoms with E-state index in [1.807, 2.05) is 6.92 Å². The number of benzene rings is 1. The third-order valence-electron chi connectivity index (χ3n) is 4.63. The maximum absolute atomic E-state index is 13.9. The summed E-state index contributed by atoms with van der Waals surface area (Å²) in [6.07, 6.45) is -0.164. The predicted molar refractivity (Wildman–Crippen MR) is 83.1 cm³/mol. The molecular weight excluding hydrogens is 325 g/mol. The number of carbonyl (C=O) groups is 2. The van der Waals surface area contributed by atoms with Crippen LogP contribution in [0.25, 0.3) is 0 Å². The molecule has 0 saturated heterocycles. The molecule has 0 aromatic heterocycles. The van der Waals surface area contributed by atoms with Gasteiger partial charge in [0.2, 0.25) is 0 Å². The Morgan fingerprint density at radius 1 is 1.48 bits per heavy atom. The van der Waals surface area contributed by atoms with Gasteiger partial charge in [-0.1, -0.05) is 25.4 Å². The van der Waals surface area contributed by atoms with Crippen molar-refractivity contribution in [2.75, 3.05) is 6.61 Å². The Bertz CT molecular complexity index is 649. The lowest BCUT2D eigenvalue weighted by atomic mass is 9.54. The number of aliphatic carboxylic acids is 1. The molecule has 1 saturated carbocycles. The number of carboxylic acid groups (broad SMARTS) is 1. The highest BCUT2D eigenvalue weighted by Gasteiger charge is 2.66. The Hall–Kier alpha value is -1.66. The average Bonchev–Trinajstić information content (AvgIpc) is 2.45. The van der Waals surface area contributed by atoms with Crippen LogP contribution in [0.1, 0.15) is 37.6 Å². The smallest absolute Gasteiger partial charge is 0.330 e. The summed E-state index contributed by atoms with van der Waals surface area (Å²) in [6.45, 7) is 5.69. The van der Waals surface area contributed by atoms with Gasteiger partial charge >= 0.3 is 5.97 Å². The molecular formula is C16H19ClFNO4. The quantitative estimate of drug-likeness (QED) is 0.862. The van der Waals surface area contributed by atoms with Gasteiger partial charge in [-0.05, 0) is 25.1 Å². The molecule has 0 spiro atoms. The second kappa shape index (κ2) is 6.09. The number of ether oxygens (including phenoxy) is 1. The first-order valence-corrected chi connectivity index (χ1v) is 7.66. The lowest BCUT2D eigenvalue weighted by molar-refractivity contribution is -0.190. The Morgan fingerprint density at radius 3 is 2.61 bits per heavy atom. The maximum atomic E-state index is 13.9. The van der Waals surface area contributed by atoms with Gasteiger partial charge in [0, 0.05) is 23.5 Å². The van der Waals surface area contributed by atoms with E-state index in [1.165, 1.54) is 12.1 Å². The molecule has 1 aliphatic rings. The molecule has 23 heavy (non-hydrogen) atoms. The molecule has 5 nitrogen and oxygen atoms in total. The molecule has 1 fully saturated rings. The highest BCUT2D eigenvalue weighted by Crippen LogP contribution is 2.51. The fourth-order valence-corrected chi connectivity index (χ4v) is 3.13. The maximum Gasteiger partial charge on any atom is 0.330 e. The number of hydrogen-bond donors (Lipinski definition) is 2. The molecule has 2 rings (SSSR count). The highest BCUT2D eigenvalue weighted by molar-refractivity contribution is 6.30. The molecule has 1 aromatic rings. The van der Waals surface area contributed by atoms with E-state index in [-0.39, 0.29) is 23.1 Å². The van der Waals surface area contributed by atoms with Crippen LogP contribution in [-0.2, 0) is 9.53 Å². The molecule has 0 heterocycles. The van der Waals surface area contributed by atoms with Crippen LogP contribution in [-0.4, -0.2) is 35.2 Å². The van der Waals surface area contributed by atoms with Crippen molar-refractivity contribution in [3.63, 3.8) is 0 Å². The predicted octanol–water partition coefficient (Wildman–Crippen LogP) is 2.87. The summed E-state index contributed by atoms with van der Waals surface area (Å²) in [6, 6.07) is 3.62. The highest BCUT2D eigenvalue weighted by atomic mass is 35.5.